The highest BCUT2D eigenvalue weighted by Crippen LogP contribution is 2.40. The average Bonchev–Trinajstić information content (AvgIpc) is 2.91. The van der Waals surface area contributed by atoms with Crippen molar-refractivity contribution in [2.24, 2.45) is 0 Å². The van der Waals surface area contributed by atoms with Crippen LogP contribution in [0.4, 0.5) is 15.8 Å². The molecular weight excluding hydrogens is 371 g/mol. The molecule has 0 radical (unpaired) electrons. The van der Waals surface area contributed by atoms with Crippen LogP contribution in [-0.4, -0.2) is 11.8 Å². The summed E-state index contributed by atoms with van der Waals surface area (Å²) in [6, 6.07) is 8.91. The maximum absolute atomic E-state index is 14.6. The summed E-state index contributed by atoms with van der Waals surface area (Å²) in [5, 5.41) is 0.0323. The minimum atomic E-state index is -0.758. The number of rotatable bonds is 3. The fourth-order valence-electron chi connectivity index (χ4n) is 3.39. The number of nitrogens with two attached hydrogens (primary N) is 1. The van der Waals surface area contributed by atoms with Gasteiger partial charge in [0.05, 0.1) is 10.7 Å². The molecule has 0 fully saturated rings. The number of nitrogen functional groups attached to an aromatic ring is 1. The topological polar surface area (TPSA) is 72.6 Å². The average molecular weight is 387 g/mol. The Bertz CT molecular complexity index is 957. The van der Waals surface area contributed by atoms with Crippen molar-refractivity contribution in [1.29, 1.82) is 0 Å². The van der Waals surface area contributed by atoms with Crippen LogP contribution in [0.25, 0.3) is 0 Å². The first-order valence-electron chi connectivity index (χ1n) is 8.59. The third kappa shape index (κ3) is 3.06. The molecule has 0 saturated carbocycles. The second-order valence-electron chi connectivity index (χ2n) is 6.52. The summed E-state index contributed by atoms with van der Waals surface area (Å²) in [7, 11) is 0. The normalized spacial score (nSPS) is 16.7. The Morgan fingerprint density at radius 3 is 2.19 bits per heavy atom. The van der Waals surface area contributed by atoms with E-state index in [9.17, 15) is 14.0 Å². The lowest BCUT2D eigenvalue weighted by Gasteiger charge is -2.18. The molecule has 1 aliphatic heterocycles. The lowest BCUT2D eigenvalue weighted by atomic mass is 9.93. The molecule has 0 bridgehead atoms. The van der Waals surface area contributed by atoms with Crippen molar-refractivity contribution >= 4 is 34.8 Å². The van der Waals surface area contributed by atoms with Crippen LogP contribution in [-0.2, 0) is 9.59 Å². The molecule has 2 N–H and O–H groups in total. The molecule has 1 heterocycles. The molecule has 138 valence electrons. The highest BCUT2D eigenvalue weighted by Gasteiger charge is 2.41. The predicted octanol–water partition coefficient (Wildman–Crippen LogP) is 4.60. The van der Waals surface area contributed by atoms with E-state index in [1.54, 1.807) is 24.3 Å². The standard InChI is InChI=1S/C20H16ClFN2O3/c21-15-9-16(22)17(10-18(15)27-12-7-5-11(23)6-8-12)24-19(25)13-3-1-2-4-14(13)20(24)26/h5-10H,1-4,23H2. The van der Waals surface area contributed by atoms with Gasteiger partial charge in [-0.25, -0.2) is 9.29 Å². The number of hydrogen-bond acceptors (Lipinski definition) is 4. The van der Waals surface area contributed by atoms with Gasteiger partial charge in [-0.1, -0.05) is 11.6 Å². The maximum atomic E-state index is 14.6. The zero-order valence-corrected chi connectivity index (χ0v) is 15.1. The lowest BCUT2D eigenvalue weighted by molar-refractivity contribution is -0.120. The molecule has 7 heteroatoms. The Balaban J connectivity index is 1.70. The van der Waals surface area contributed by atoms with Crippen molar-refractivity contribution in [2.75, 3.05) is 10.6 Å². The lowest BCUT2D eigenvalue weighted by Crippen LogP contribution is -2.32. The fourth-order valence-corrected chi connectivity index (χ4v) is 3.58. The van der Waals surface area contributed by atoms with Crippen LogP contribution >= 0.6 is 11.6 Å². The summed E-state index contributed by atoms with van der Waals surface area (Å²) in [6.07, 6.45) is 2.78. The molecule has 4 rings (SSSR count). The first-order chi connectivity index (χ1) is 13.0. The third-order valence-corrected chi connectivity index (χ3v) is 5.04. The molecule has 5 nitrogen and oxygen atoms in total. The van der Waals surface area contributed by atoms with Gasteiger partial charge >= 0.3 is 0 Å². The smallest absolute Gasteiger partial charge is 0.261 e. The van der Waals surface area contributed by atoms with Crippen molar-refractivity contribution in [3.63, 3.8) is 0 Å². The van der Waals surface area contributed by atoms with Gasteiger partial charge in [-0.2, -0.15) is 0 Å². The number of anilines is 2. The van der Waals surface area contributed by atoms with E-state index in [1.165, 1.54) is 6.07 Å². The van der Waals surface area contributed by atoms with Crippen LogP contribution in [0.2, 0.25) is 5.02 Å². The SMILES string of the molecule is Nc1ccc(Oc2cc(N3C(=O)C4=C(CCCC4)C3=O)c(F)cc2Cl)cc1. The molecule has 0 aromatic heterocycles. The van der Waals surface area contributed by atoms with Gasteiger partial charge in [-0.05, 0) is 56.0 Å². The van der Waals surface area contributed by atoms with E-state index in [0.717, 1.165) is 23.8 Å². The van der Waals surface area contributed by atoms with Gasteiger partial charge in [-0.3, -0.25) is 9.59 Å². The molecule has 0 atom stereocenters. The Kier molecular flexibility index (Phi) is 4.36. The van der Waals surface area contributed by atoms with Gasteiger partial charge in [0.2, 0.25) is 0 Å². The van der Waals surface area contributed by atoms with Crippen molar-refractivity contribution in [1.82, 2.24) is 0 Å². The summed E-state index contributed by atoms with van der Waals surface area (Å²) in [6.45, 7) is 0. The summed E-state index contributed by atoms with van der Waals surface area (Å²) in [5.41, 5.74) is 7.03. The second kappa shape index (κ2) is 6.70. The number of halogens is 2. The number of benzene rings is 2. The van der Waals surface area contributed by atoms with Crippen LogP contribution in [0.15, 0.2) is 47.5 Å². The molecule has 2 amide bonds. The Morgan fingerprint density at radius 2 is 1.59 bits per heavy atom. The number of ether oxygens (including phenoxy) is 1. The van der Waals surface area contributed by atoms with E-state index in [1.807, 2.05) is 0 Å². The number of carbonyl (C=O) groups is 2. The summed E-state index contributed by atoms with van der Waals surface area (Å²) in [5.74, 6) is -1.10. The number of nitrogens with zero attached hydrogens (tertiary/aromatic N) is 1. The van der Waals surface area contributed by atoms with Crippen LogP contribution in [0.5, 0.6) is 11.5 Å². The molecule has 0 spiro atoms. The quantitative estimate of drug-likeness (QED) is 0.618. The highest BCUT2D eigenvalue weighted by atomic mass is 35.5. The zero-order valence-electron chi connectivity index (χ0n) is 14.3. The predicted molar refractivity (Wildman–Crippen MR) is 100 cm³/mol. The van der Waals surface area contributed by atoms with Gasteiger partial charge in [0.1, 0.15) is 17.3 Å². The number of hydrogen-bond donors (Lipinski definition) is 1. The van der Waals surface area contributed by atoms with Crippen molar-refractivity contribution in [3.05, 3.63) is 58.4 Å². The molecule has 2 aromatic carbocycles. The zero-order chi connectivity index (χ0) is 19.1. The summed E-state index contributed by atoms with van der Waals surface area (Å²) >= 11 is 6.10. The third-order valence-electron chi connectivity index (χ3n) is 4.74. The first-order valence-corrected chi connectivity index (χ1v) is 8.97. The summed E-state index contributed by atoms with van der Waals surface area (Å²) < 4.78 is 20.3. The van der Waals surface area contributed by atoms with Gasteiger partial charge in [0, 0.05) is 22.9 Å². The Morgan fingerprint density at radius 1 is 1.00 bits per heavy atom. The number of carbonyl (C=O) groups excluding carboxylic acids is 2. The number of imide groups is 1. The van der Waals surface area contributed by atoms with Crippen molar-refractivity contribution in [3.8, 4) is 11.5 Å². The minimum absolute atomic E-state index is 0.0323. The fraction of sp³-hybridized carbons (Fsp3) is 0.200. The molecule has 27 heavy (non-hydrogen) atoms. The van der Waals surface area contributed by atoms with E-state index >= 15 is 0 Å². The van der Waals surface area contributed by atoms with Gasteiger partial charge < -0.3 is 10.5 Å². The molecule has 2 aromatic rings. The minimum Gasteiger partial charge on any atom is -0.456 e. The molecular formula is C20H16ClFN2O3. The van der Waals surface area contributed by atoms with Crippen LogP contribution < -0.4 is 15.4 Å². The van der Waals surface area contributed by atoms with Crippen molar-refractivity contribution in [2.45, 2.75) is 25.7 Å². The van der Waals surface area contributed by atoms with E-state index in [-0.39, 0.29) is 16.5 Å². The van der Waals surface area contributed by atoms with E-state index < -0.39 is 17.6 Å². The van der Waals surface area contributed by atoms with Gasteiger partial charge in [-0.15, -0.1) is 0 Å². The maximum Gasteiger partial charge on any atom is 0.261 e. The van der Waals surface area contributed by atoms with E-state index in [0.29, 0.717) is 35.4 Å². The highest BCUT2D eigenvalue weighted by molar-refractivity contribution is 6.34. The monoisotopic (exact) mass is 386 g/mol. The van der Waals surface area contributed by atoms with Gasteiger partial charge in [0.25, 0.3) is 11.8 Å². The first kappa shape index (κ1) is 17.5. The molecule has 0 saturated heterocycles. The Hall–Kier alpha value is -2.86. The number of amides is 2. The van der Waals surface area contributed by atoms with Crippen LogP contribution in [0, 0.1) is 5.82 Å². The van der Waals surface area contributed by atoms with Crippen molar-refractivity contribution < 1.29 is 18.7 Å². The van der Waals surface area contributed by atoms with Gasteiger partial charge in [0.15, 0.2) is 0 Å². The largest absolute Gasteiger partial charge is 0.456 e. The summed E-state index contributed by atoms with van der Waals surface area (Å²) in [4.78, 5) is 26.3. The van der Waals surface area contributed by atoms with Crippen LogP contribution in [0.1, 0.15) is 25.7 Å². The molecule has 0 unspecified atom stereocenters. The Labute approximate surface area is 160 Å². The van der Waals surface area contributed by atoms with E-state index in [4.69, 9.17) is 22.1 Å². The second-order valence-corrected chi connectivity index (χ2v) is 6.92. The molecule has 2 aliphatic rings. The van der Waals surface area contributed by atoms with E-state index in [2.05, 4.69) is 0 Å². The molecule has 1 aliphatic carbocycles. The van der Waals surface area contributed by atoms with Crippen LogP contribution in [0.3, 0.4) is 0 Å².